The summed E-state index contributed by atoms with van der Waals surface area (Å²) in [5, 5.41) is 4.27. The van der Waals surface area contributed by atoms with Crippen molar-refractivity contribution in [2.45, 2.75) is 13.8 Å². The van der Waals surface area contributed by atoms with Crippen LogP contribution < -0.4 is 5.76 Å². The molecule has 0 unspecified atom stereocenters. The van der Waals surface area contributed by atoms with Gasteiger partial charge in [-0.05, 0) is 19.4 Å². The van der Waals surface area contributed by atoms with E-state index in [-0.39, 0.29) is 11.0 Å². The molecule has 0 fully saturated rings. The van der Waals surface area contributed by atoms with Crippen molar-refractivity contribution >= 4 is 23.2 Å². The van der Waals surface area contributed by atoms with Gasteiger partial charge >= 0.3 is 5.76 Å². The number of H-pyrrole nitrogens is 1. The average Bonchev–Trinajstić information content (AvgIpc) is 2.61. The van der Waals surface area contributed by atoms with Crippen molar-refractivity contribution in [1.29, 1.82) is 0 Å². The van der Waals surface area contributed by atoms with Gasteiger partial charge in [0.1, 0.15) is 5.15 Å². The summed E-state index contributed by atoms with van der Waals surface area (Å²) in [4.78, 5) is 17.3. The van der Waals surface area contributed by atoms with Crippen LogP contribution in [0, 0.1) is 13.8 Å². The second kappa shape index (κ2) is 3.92. The summed E-state index contributed by atoms with van der Waals surface area (Å²) in [5.41, 5.74) is 1.80. The van der Waals surface area contributed by atoms with Gasteiger partial charge in [-0.3, -0.25) is 9.51 Å². The van der Waals surface area contributed by atoms with Gasteiger partial charge in [0.25, 0.3) is 0 Å². The van der Waals surface area contributed by atoms with E-state index in [0.717, 1.165) is 0 Å². The Bertz CT molecular complexity index is 603. The quantitative estimate of drug-likeness (QED) is 0.799. The molecule has 0 aromatic carbocycles. The molecule has 2 aromatic heterocycles. The fourth-order valence-electron chi connectivity index (χ4n) is 1.40. The van der Waals surface area contributed by atoms with E-state index in [9.17, 15) is 4.79 Å². The predicted molar refractivity (Wildman–Crippen MR) is 59.8 cm³/mol. The third-order valence-corrected chi connectivity index (χ3v) is 3.00. The number of hydrogen-bond acceptors (Lipinski definition) is 4. The number of aromatic nitrogens is 3. The van der Waals surface area contributed by atoms with Gasteiger partial charge in [0.2, 0.25) is 0 Å². The molecule has 0 aliphatic carbocycles. The first kappa shape index (κ1) is 11.2. The molecule has 0 amide bonds. The van der Waals surface area contributed by atoms with E-state index in [1.165, 1.54) is 0 Å². The van der Waals surface area contributed by atoms with Crippen LogP contribution in [0.1, 0.15) is 11.3 Å². The molecule has 7 heteroatoms. The highest BCUT2D eigenvalue weighted by Gasteiger charge is 2.17. The molecular weight excluding hydrogens is 253 g/mol. The van der Waals surface area contributed by atoms with Crippen LogP contribution in [-0.4, -0.2) is 15.1 Å². The third-order valence-electron chi connectivity index (χ3n) is 2.17. The van der Waals surface area contributed by atoms with Crippen molar-refractivity contribution in [3.8, 4) is 11.4 Å². The minimum Gasteiger partial charge on any atom is -0.296 e. The SMILES string of the molecule is Cc1nc(Cl)c(-c2noc(=O)[nH]2)c(C)c1Cl. The summed E-state index contributed by atoms with van der Waals surface area (Å²) in [6, 6.07) is 0. The first-order chi connectivity index (χ1) is 7.50. The van der Waals surface area contributed by atoms with Crippen LogP contribution in [0.4, 0.5) is 0 Å². The number of pyridine rings is 1. The molecule has 5 nitrogen and oxygen atoms in total. The Kier molecular flexibility index (Phi) is 2.73. The lowest BCUT2D eigenvalue weighted by molar-refractivity contribution is 0.388. The average molecular weight is 260 g/mol. The fraction of sp³-hybridized carbons (Fsp3) is 0.222. The van der Waals surface area contributed by atoms with Gasteiger partial charge in [-0.15, -0.1) is 0 Å². The Hall–Kier alpha value is -1.33. The lowest BCUT2D eigenvalue weighted by Gasteiger charge is -2.08. The van der Waals surface area contributed by atoms with Crippen molar-refractivity contribution in [3.63, 3.8) is 0 Å². The summed E-state index contributed by atoms with van der Waals surface area (Å²) >= 11 is 12.0. The van der Waals surface area contributed by atoms with Crippen molar-refractivity contribution in [3.05, 3.63) is 32.0 Å². The maximum absolute atomic E-state index is 10.9. The maximum atomic E-state index is 10.9. The molecule has 16 heavy (non-hydrogen) atoms. The Labute approximate surface area is 100 Å². The third kappa shape index (κ3) is 1.72. The fourth-order valence-corrected chi connectivity index (χ4v) is 1.90. The van der Waals surface area contributed by atoms with Crippen LogP contribution in [0.5, 0.6) is 0 Å². The van der Waals surface area contributed by atoms with Gasteiger partial charge < -0.3 is 0 Å². The number of aromatic amines is 1. The van der Waals surface area contributed by atoms with Crippen molar-refractivity contribution in [1.82, 2.24) is 15.1 Å². The van der Waals surface area contributed by atoms with Gasteiger partial charge in [0, 0.05) is 0 Å². The zero-order chi connectivity index (χ0) is 11.9. The smallest absolute Gasteiger partial charge is 0.296 e. The normalized spacial score (nSPS) is 10.8. The summed E-state index contributed by atoms with van der Waals surface area (Å²) < 4.78 is 4.41. The van der Waals surface area contributed by atoms with Gasteiger partial charge in [0.05, 0.1) is 16.3 Å². The lowest BCUT2D eigenvalue weighted by Crippen LogP contribution is -1.98. The molecule has 1 N–H and O–H groups in total. The molecule has 2 heterocycles. The van der Waals surface area contributed by atoms with Gasteiger partial charge in [-0.2, -0.15) is 0 Å². The van der Waals surface area contributed by atoms with E-state index in [2.05, 4.69) is 19.6 Å². The minimum absolute atomic E-state index is 0.224. The van der Waals surface area contributed by atoms with Crippen LogP contribution in [0.25, 0.3) is 11.4 Å². The number of hydrogen-bond donors (Lipinski definition) is 1. The zero-order valence-electron chi connectivity index (χ0n) is 8.47. The Balaban J connectivity index is 2.75. The first-order valence-electron chi connectivity index (χ1n) is 4.39. The van der Waals surface area contributed by atoms with Gasteiger partial charge in [-0.1, -0.05) is 28.4 Å². The highest BCUT2D eigenvalue weighted by atomic mass is 35.5. The largest absolute Gasteiger partial charge is 0.439 e. The molecule has 0 saturated carbocycles. The number of rotatable bonds is 1. The first-order valence-corrected chi connectivity index (χ1v) is 5.15. The topological polar surface area (TPSA) is 71.8 Å². The molecule has 0 aliphatic rings. The van der Waals surface area contributed by atoms with Crippen molar-refractivity contribution < 1.29 is 4.52 Å². The summed E-state index contributed by atoms with van der Waals surface area (Å²) in [7, 11) is 0. The van der Waals surface area contributed by atoms with Crippen molar-refractivity contribution in [2.75, 3.05) is 0 Å². The molecule has 0 bridgehead atoms. The highest BCUT2D eigenvalue weighted by molar-refractivity contribution is 6.35. The second-order valence-corrected chi connectivity index (χ2v) is 3.98. The van der Waals surface area contributed by atoms with E-state index >= 15 is 0 Å². The lowest BCUT2D eigenvalue weighted by atomic mass is 10.1. The Morgan fingerprint density at radius 3 is 2.56 bits per heavy atom. The van der Waals surface area contributed by atoms with E-state index in [1.807, 2.05) is 0 Å². The number of nitrogens with zero attached hydrogens (tertiary/aromatic N) is 2. The van der Waals surface area contributed by atoms with Crippen LogP contribution >= 0.6 is 23.2 Å². The van der Waals surface area contributed by atoms with Crippen LogP contribution in [0.2, 0.25) is 10.2 Å². The zero-order valence-corrected chi connectivity index (χ0v) is 9.98. The number of aryl methyl sites for hydroxylation is 1. The monoisotopic (exact) mass is 259 g/mol. The highest BCUT2D eigenvalue weighted by Crippen LogP contribution is 2.32. The molecule has 0 aliphatic heterocycles. The number of halogens is 2. The molecule has 0 radical (unpaired) electrons. The van der Waals surface area contributed by atoms with Gasteiger partial charge in [0.15, 0.2) is 5.82 Å². The van der Waals surface area contributed by atoms with E-state index < -0.39 is 5.76 Å². The van der Waals surface area contributed by atoms with E-state index in [4.69, 9.17) is 23.2 Å². The van der Waals surface area contributed by atoms with Crippen LogP contribution in [0.15, 0.2) is 9.32 Å². The Morgan fingerprint density at radius 1 is 1.31 bits per heavy atom. The molecule has 2 rings (SSSR count). The van der Waals surface area contributed by atoms with Crippen LogP contribution in [-0.2, 0) is 0 Å². The molecular formula is C9H7Cl2N3O2. The Morgan fingerprint density at radius 2 is 2.00 bits per heavy atom. The second-order valence-electron chi connectivity index (χ2n) is 3.25. The predicted octanol–water partition coefficient (Wildman–Crippen LogP) is 2.35. The molecule has 0 spiro atoms. The van der Waals surface area contributed by atoms with E-state index in [1.54, 1.807) is 13.8 Å². The summed E-state index contributed by atoms with van der Waals surface area (Å²) in [6.07, 6.45) is 0. The minimum atomic E-state index is -0.651. The van der Waals surface area contributed by atoms with Crippen LogP contribution in [0.3, 0.4) is 0 Å². The van der Waals surface area contributed by atoms with Gasteiger partial charge in [-0.25, -0.2) is 9.78 Å². The summed E-state index contributed by atoms with van der Waals surface area (Å²) in [5.74, 6) is -0.427. The molecule has 2 aromatic rings. The molecule has 84 valence electrons. The standard InChI is InChI=1S/C9H7Cl2N3O2/c1-3-5(8-13-9(15)16-14-8)7(11)12-4(2)6(3)10/h1-2H3,(H,13,14,15). The number of nitrogens with one attached hydrogen (secondary N) is 1. The molecule has 0 saturated heterocycles. The van der Waals surface area contributed by atoms with E-state index in [0.29, 0.717) is 21.8 Å². The maximum Gasteiger partial charge on any atom is 0.439 e. The molecule has 0 atom stereocenters. The summed E-state index contributed by atoms with van der Waals surface area (Å²) in [6.45, 7) is 3.52. The van der Waals surface area contributed by atoms with Crippen molar-refractivity contribution in [2.24, 2.45) is 0 Å².